The molecule has 1 aliphatic rings. The van der Waals surface area contributed by atoms with Crippen LogP contribution in [0.2, 0.25) is 5.31 Å². The van der Waals surface area contributed by atoms with Crippen LogP contribution in [0, 0.1) is 11.8 Å². The zero-order chi connectivity index (χ0) is 14.9. The van der Waals surface area contributed by atoms with Crippen molar-refractivity contribution in [3.8, 4) is 11.8 Å². The van der Waals surface area contributed by atoms with E-state index in [1.807, 2.05) is 0 Å². The van der Waals surface area contributed by atoms with E-state index in [9.17, 15) is 0 Å². The van der Waals surface area contributed by atoms with E-state index in [0.717, 1.165) is 25.1 Å². The molecule has 104 valence electrons. The Morgan fingerprint density at radius 3 is 2.29 bits per heavy atom. The number of rotatable bonds is 1. The van der Waals surface area contributed by atoms with E-state index in [0.29, 0.717) is 0 Å². The standard InChI is InChI=1S/C19H20BN/c1-19(2,3)20-21-14-17-10-5-4-8-15(17)12-13-16-9-6-7-11-18(16)21/h4-11,20H,14H2,1-3H3. The Hall–Kier alpha value is -2.14. The summed E-state index contributed by atoms with van der Waals surface area (Å²) in [4.78, 5) is 2.46. The van der Waals surface area contributed by atoms with Gasteiger partial charge in [-0.1, -0.05) is 62.9 Å². The molecule has 0 aliphatic carbocycles. The molecule has 1 nitrogen and oxygen atoms in total. The van der Waals surface area contributed by atoms with Gasteiger partial charge in [0, 0.05) is 23.4 Å². The van der Waals surface area contributed by atoms with Crippen molar-refractivity contribution < 1.29 is 0 Å². The van der Waals surface area contributed by atoms with Gasteiger partial charge < -0.3 is 4.81 Å². The first-order valence-electron chi connectivity index (χ1n) is 7.47. The fourth-order valence-corrected chi connectivity index (χ4v) is 2.77. The van der Waals surface area contributed by atoms with Crippen LogP contribution in [0.4, 0.5) is 5.69 Å². The van der Waals surface area contributed by atoms with Crippen molar-refractivity contribution >= 4 is 13.1 Å². The minimum absolute atomic E-state index is 0.245. The third-order valence-corrected chi connectivity index (χ3v) is 3.62. The van der Waals surface area contributed by atoms with Crippen molar-refractivity contribution in [3.05, 3.63) is 65.2 Å². The van der Waals surface area contributed by atoms with Crippen molar-refractivity contribution in [1.82, 2.24) is 0 Å². The van der Waals surface area contributed by atoms with Crippen LogP contribution in [0.25, 0.3) is 0 Å². The molecule has 0 aromatic heterocycles. The highest BCUT2D eigenvalue weighted by atomic mass is 15.1. The van der Waals surface area contributed by atoms with Crippen LogP contribution in [-0.2, 0) is 6.54 Å². The van der Waals surface area contributed by atoms with Crippen LogP contribution in [0.15, 0.2) is 48.5 Å². The van der Waals surface area contributed by atoms with Crippen LogP contribution in [0.1, 0.15) is 37.5 Å². The lowest BCUT2D eigenvalue weighted by atomic mass is 9.62. The van der Waals surface area contributed by atoms with Gasteiger partial charge in [0.05, 0.1) is 0 Å². The largest absolute Gasteiger partial charge is 0.413 e. The SMILES string of the molecule is CC(C)(C)BN1Cc2ccccc2C#Cc2ccccc21. The summed E-state index contributed by atoms with van der Waals surface area (Å²) in [6.45, 7) is 7.77. The van der Waals surface area contributed by atoms with E-state index in [-0.39, 0.29) is 5.31 Å². The number of benzene rings is 2. The van der Waals surface area contributed by atoms with E-state index >= 15 is 0 Å². The fourth-order valence-electron chi connectivity index (χ4n) is 2.77. The van der Waals surface area contributed by atoms with E-state index < -0.39 is 0 Å². The molecule has 0 bridgehead atoms. The zero-order valence-corrected chi connectivity index (χ0v) is 13.0. The maximum atomic E-state index is 3.35. The maximum absolute atomic E-state index is 3.35. The molecule has 3 rings (SSSR count). The van der Waals surface area contributed by atoms with Gasteiger partial charge in [0.25, 0.3) is 0 Å². The average Bonchev–Trinajstić information content (AvgIpc) is 2.43. The Labute approximate surface area is 128 Å². The first-order valence-corrected chi connectivity index (χ1v) is 7.47. The Morgan fingerprint density at radius 1 is 0.905 bits per heavy atom. The second kappa shape index (κ2) is 5.33. The quantitative estimate of drug-likeness (QED) is 0.561. The summed E-state index contributed by atoms with van der Waals surface area (Å²) in [5, 5.41) is 0.245. The molecule has 0 saturated heterocycles. The van der Waals surface area contributed by atoms with Gasteiger partial charge >= 0.3 is 0 Å². The number of nitrogens with zero attached hydrogens (tertiary/aromatic N) is 1. The first kappa shape index (κ1) is 13.8. The molecule has 0 fully saturated rings. The van der Waals surface area contributed by atoms with E-state index in [1.165, 1.54) is 11.3 Å². The fraction of sp³-hybridized carbons (Fsp3) is 0.263. The molecule has 21 heavy (non-hydrogen) atoms. The molecule has 2 heteroatoms. The summed E-state index contributed by atoms with van der Waals surface area (Å²) in [5.74, 6) is 6.67. The van der Waals surface area contributed by atoms with Gasteiger partial charge in [0.1, 0.15) is 0 Å². The minimum Gasteiger partial charge on any atom is -0.413 e. The Morgan fingerprint density at radius 2 is 1.52 bits per heavy atom. The van der Waals surface area contributed by atoms with Crippen molar-refractivity contribution in [2.24, 2.45) is 0 Å². The molecule has 2 aromatic rings. The van der Waals surface area contributed by atoms with Crippen LogP contribution in [0.3, 0.4) is 0 Å². The molecule has 0 spiro atoms. The number of fused-ring (bicyclic) bond motifs is 2. The Bertz CT molecular complexity index is 716. The van der Waals surface area contributed by atoms with E-state index in [1.54, 1.807) is 0 Å². The molecule has 0 N–H and O–H groups in total. The lowest BCUT2D eigenvalue weighted by molar-refractivity contribution is 0.740. The summed E-state index contributed by atoms with van der Waals surface area (Å²) in [6, 6.07) is 16.9. The van der Waals surface area contributed by atoms with Gasteiger partial charge in [-0.25, -0.2) is 0 Å². The highest BCUT2D eigenvalue weighted by molar-refractivity contribution is 6.45. The number of para-hydroxylation sites is 1. The Kier molecular flexibility index (Phi) is 3.51. The topological polar surface area (TPSA) is 3.24 Å². The van der Waals surface area contributed by atoms with Gasteiger partial charge in [-0.2, -0.15) is 0 Å². The van der Waals surface area contributed by atoms with E-state index in [2.05, 4.69) is 86.0 Å². The van der Waals surface area contributed by atoms with Crippen LogP contribution >= 0.6 is 0 Å². The summed E-state index contributed by atoms with van der Waals surface area (Å²) < 4.78 is 0. The number of hydrogen-bond acceptors (Lipinski definition) is 1. The normalized spacial score (nSPS) is 13.2. The number of hydrogen-bond donors (Lipinski definition) is 0. The highest BCUT2D eigenvalue weighted by Gasteiger charge is 2.22. The molecule has 2 aromatic carbocycles. The second-order valence-electron chi connectivity index (χ2n) is 6.84. The molecule has 0 radical (unpaired) electrons. The van der Waals surface area contributed by atoms with Gasteiger partial charge in [-0.3, -0.25) is 0 Å². The predicted molar refractivity (Wildman–Crippen MR) is 91.9 cm³/mol. The van der Waals surface area contributed by atoms with Crippen molar-refractivity contribution in [2.75, 3.05) is 4.81 Å². The third-order valence-electron chi connectivity index (χ3n) is 3.62. The predicted octanol–water partition coefficient (Wildman–Crippen LogP) is 3.98. The summed E-state index contributed by atoms with van der Waals surface area (Å²) in [7, 11) is 1.01. The van der Waals surface area contributed by atoms with Gasteiger partial charge in [-0.15, -0.1) is 0 Å². The number of anilines is 1. The molecule has 0 atom stereocenters. The molecule has 1 heterocycles. The summed E-state index contributed by atoms with van der Waals surface area (Å²) in [6.07, 6.45) is 0. The van der Waals surface area contributed by atoms with Gasteiger partial charge in [-0.05, 0) is 29.1 Å². The molecular weight excluding hydrogens is 253 g/mol. The first-order chi connectivity index (χ1) is 10.0. The summed E-state index contributed by atoms with van der Waals surface area (Å²) in [5.41, 5.74) is 4.82. The average molecular weight is 273 g/mol. The molecule has 1 aliphatic heterocycles. The lowest BCUT2D eigenvalue weighted by Gasteiger charge is -2.32. The third kappa shape index (κ3) is 3.14. The zero-order valence-electron chi connectivity index (χ0n) is 13.0. The van der Waals surface area contributed by atoms with Crippen molar-refractivity contribution in [1.29, 1.82) is 0 Å². The molecule has 0 amide bonds. The molecule has 0 unspecified atom stereocenters. The van der Waals surface area contributed by atoms with Gasteiger partial charge in [0.15, 0.2) is 0 Å². The van der Waals surface area contributed by atoms with Crippen molar-refractivity contribution in [3.63, 3.8) is 0 Å². The molecule has 0 saturated carbocycles. The van der Waals surface area contributed by atoms with Crippen LogP contribution < -0.4 is 4.81 Å². The van der Waals surface area contributed by atoms with E-state index in [4.69, 9.17) is 0 Å². The van der Waals surface area contributed by atoms with Crippen molar-refractivity contribution in [2.45, 2.75) is 32.6 Å². The minimum atomic E-state index is 0.245. The molecular formula is C19H20BN. The maximum Gasteiger partial charge on any atom is 0.242 e. The summed E-state index contributed by atoms with van der Waals surface area (Å²) >= 11 is 0. The Balaban J connectivity index is 2.12. The highest BCUT2D eigenvalue weighted by Crippen LogP contribution is 2.30. The van der Waals surface area contributed by atoms with Gasteiger partial charge in [0.2, 0.25) is 7.41 Å². The smallest absolute Gasteiger partial charge is 0.242 e. The second-order valence-corrected chi connectivity index (χ2v) is 6.84. The van der Waals surface area contributed by atoms with Crippen LogP contribution in [0.5, 0.6) is 0 Å². The monoisotopic (exact) mass is 273 g/mol. The van der Waals surface area contributed by atoms with Crippen LogP contribution in [-0.4, -0.2) is 7.41 Å². The lowest BCUT2D eigenvalue weighted by Crippen LogP contribution is -2.34.